The third-order valence-corrected chi connectivity index (χ3v) is 18.5. The average molecular weight is 960 g/mol. The molecule has 4 aliphatic rings. The van der Waals surface area contributed by atoms with Crippen molar-refractivity contribution in [3.05, 3.63) is 223 Å². The molecule has 0 spiro atoms. The number of aryl methyl sites for hydroxylation is 1. The summed E-state index contributed by atoms with van der Waals surface area (Å²) in [6.45, 7) is 7.54. The van der Waals surface area contributed by atoms with Crippen LogP contribution in [0.15, 0.2) is 212 Å². The van der Waals surface area contributed by atoms with E-state index in [4.69, 9.17) is 0 Å². The van der Waals surface area contributed by atoms with Gasteiger partial charge in [-0.25, -0.2) is 0 Å². The Kier molecular flexibility index (Phi) is 10.4. The van der Waals surface area contributed by atoms with Crippen LogP contribution in [0.1, 0.15) is 70.4 Å². The van der Waals surface area contributed by atoms with Crippen LogP contribution in [-0.2, 0) is 11.8 Å². The maximum absolute atomic E-state index is 2.98. The van der Waals surface area contributed by atoms with Crippen molar-refractivity contribution >= 4 is 78.3 Å². The standard InChI is InChI=1S/C68H58BN3S/c1-4-5-22-46-37-38-60(57(41-46)49-27-13-8-14-28-49)71-61-45-54(70(52-31-19-29-50(42-52)47-23-9-6-10-24-47)53-32-20-30-51(43-53)48-25-11-7-12-26-48)44-58-55-34-21-35-59-65(55)72(68(3)40-18-17-39-67(59,68)2)69(63(58)61)64-56-33-15-16-36-62(56)73-66(64)71/h6-16,19-21,23-38,41-45H,4-5,17-18,22,39-40H2,1-3H3. The number of unbranched alkanes of at least 4 members (excludes halogenated alkanes) is 1. The molecule has 4 heterocycles. The molecule has 1 fully saturated rings. The second-order valence-electron chi connectivity index (χ2n) is 21.4. The van der Waals surface area contributed by atoms with Crippen molar-refractivity contribution in [1.82, 2.24) is 0 Å². The molecule has 10 aromatic rings. The second kappa shape index (κ2) is 17.3. The van der Waals surface area contributed by atoms with Crippen molar-refractivity contribution in [2.24, 2.45) is 0 Å². The molecule has 2 unspecified atom stereocenters. The number of fused-ring (bicyclic) bond motifs is 9. The van der Waals surface area contributed by atoms with E-state index in [0.29, 0.717) is 0 Å². The summed E-state index contributed by atoms with van der Waals surface area (Å²) in [7, 11) is 0. The van der Waals surface area contributed by atoms with Crippen LogP contribution in [0.2, 0.25) is 0 Å². The number of hydrogen-bond acceptors (Lipinski definition) is 4. The van der Waals surface area contributed by atoms with Gasteiger partial charge in [0, 0.05) is 55.2 Å². The molecular formula is C68H58BN3S. The number of nitrogens with zero attached hydrogens (tertiary/aromatic N) is 3. The highest BCUT2D eigenvalue weighted by Gasteiger charge is 2.63. The summed E-state index contributed by atoms with van der Waals surface area (Å²) in [5, 5.41) is 2.68. The minimum absolute atomic E-state index is 0.00133. The Bertz CT molecular complexity index is 3670. The fourth-order valence-electron chi connectivity index (χ4n) is 13.6. The fourth-order valence-corrected chi connectivity index (χ4v) is 14.9. The van der Waals surface area contributed by atoms with Crippen LogP contribution < -0.4 is 25.5 Å². The summed E-state index contributed by atoms with van der Waals surface area (Å²) in [5.41, 5.74) is 22.9. The van der Waals surface area contributed by atoms with E-state index in [1.165, 1.54) is 124 Å². The van der Waals surface area contributed by atoms with Gasteiger partial charge in [-0.3, -0.25) is 0 Å². The molecule has 73 heavy (non-hydrogen) atoms. The van der Waals surface area contributed by atoms with Gasteiger partial charge >= 0.3 is 6.85 Å². The van der Waals surface area contributed by atoms with Crippen LogP contribution in [-0.4, -0.2) is 12.4 Å². The smallest absolute Gasteiger partial charge is 0.330 e. The SMILES string of the molecule is CCCCc1ccc(N2c3cc(N(c4cccc(-c5ccccc5)c4)c4cccc(-c5ccccc5)c4)cc4c3B(c3c2sc2ccccc32)N2c3c-4cccc3C3(C)CCCCC23C)c(-c2ccccc2)c1. The van der Waals surface area contributed by atoms with Gasteiger partial charge in [-0.2, -0.15) is 0 Å². The molecular weight excluding hydrogens is 902 g/mol. The molecule has 0 bridgehead atoms. The molecule has 9 aromatic carbocycles. The first-order valence-electron chi connectivity index (χ1n) is 26.6. The number of anilines is 7. The van der Waals surface area contributed by atoms with Crippen molar-refractivity contribution < 1.29 is 0 Å². The van der Waals surface area contributed by atoms with Crippen molar-refractivity contribution in [1.29, 1.82) is 0 Å². The Labute approximate surface area is 435 Å². The zero-order valence-electron chi connectivity index (χ0n) is 42.0. The van der Waals surface area contributed by atoms with Gasteiger partial charge in [-0.15, -0.1) is 11.3 Å². The maximum atomic E-state index is 2.98. The number of benzene rings is 9. The summed E-state index contributed by atoms with van der Waals surface area (Å²) in [6.07, 6.45) is 8.24. The monoisotopic (exact) mass is 959 g/mol. The van der Waals surface area contributed by atoms with Crippen LogP contribution >= 0.6 is 11.3 Å². The van der Waals surface area contributed by atoms with Crippen LogP contribution in [0.25, 0.3) is 54.6 Å². The Morgan fingerprint density at radius 2 is 1.15 bits per heavy atom. The number of rotatable bonds is 10. The zero-order valence-corrected chi connectivity index (χ0v) is 42.8. The highest BCUT2D eigenvalue weighted by Crippen LogP contribution is 2.64. The van der Waals surface area contributed by atoms with Crippen LogP contribution in [0.4, 0.5) is 39.1 Å². The lowest BCUT2D eigenvalue weighted by atomic mass is 9.42. The van der Waals surface area contributed by atoms with Gasteiger partial charge in [-0.05, 0) is 148 Å². The van der Waals surface area contributed by atoms with Gasteiger partial charge in [0.05, 0.1) is 10.7 Å². The van der Waals surface area contributed by atoms with Crippen LogP contribution in [0.3, 0.4) is 0 Å². The second-order valence-corrected chi connectivity index (χ2v) is 22.4. The Balaban J connectivity index is 1.10. The van der Waals surface area contributed by atoms with Crippen molar-refractivity contribution in [3.63, 3.8) is 0 Å². The van der Waals surface area contributed by atoms with Crippen molar-refractivity contribution in [2.45, 2.75) is 76.7 Å². The number of para-hydroxylation sites is 1. The van der Waals surface area contributed by atoms with E-state index < -0.39 is 0 Å². The molecule has 3 aliphatic heterocycles. The lowest BCUT2D eigenvalue weighted by Crippen LogP contribution is -2.70. The van der Waals surface area contributed by atoms with E-state index >= 15 is 0 Å². The zero-order chi connectivity index (χ0) is 48.8. The fraction of sp³-hybridized carbons (Fsp3) is 0.176. The Morgan fingerprint density at radius 3 is 1.85 bits per heavy atom. The Hall–Kier alpha value is -7.60. The summed E-state index contributed by atoms with van der Waals surface area (Å²) in [5.74, 6) is 0. The van der Waals surface area contributed by atoms with Crippen LogP contribution in [0.5, 0.6) is 0 Å². The third-order valence-electron chi connectivity index (χ3n) is 17.4. The van der Waals surface area contributed by atoms with Crippen LogP contribution in [0, 0.1) is 0 Å². The van der Waals surface area contributed by atoms with Gasteiger partial charge in [0.25, 0.3) is 0 Å². The molecule has 0 amide bonds. The molecule has 1 aliphatic carbocycles. The quantitative estimate of drug-likeness (QED) is 0.127. The third kappa shape index (κ3) is 6.78. The first kappa shape index (κ1) is 44.1. The van der Waals surface area contributed by atoms with E-state index in [9.17, 15) is 0 Å². The maximum Gasteiger partial charge on any atom is 0.330 e. The largest absolute Gasteiger partial charge is 0.400 e. The van der Waals surface area contributed by atoms with Crippen molar-refractivity contribution in [2.75, 3.05) is 14.6 Å². The summed E-state index contributed by atoms with van der Waals surface area (Å²) in [6, 6.07) is 80.3. The summed E-state index contributed by atoms with van der Waals surface area (Å²) in [4.78, 5) is 8.22. The molecule has 0 radical (unpaired) electrons. The summed E-state index contributed by atoms with van der Waals surface area (Å²) >= 11 is 1.97. The van der Waals surface area contributed by atoms with Gasteiger partial charge in [0.2, 0.25) is 0 Å². The minimum atomic E-state index is -0.0810. The van der Waals surface area contributed by atoms with E-state index in [0.717, 1.165) is 36.3 Å². The molecule has 14 rings (SSSR count). The van der Waals surface area contributed by atoms with E-state index in [-0.39, 0.29) is 17.8 Å². The molecule has 3 nitrogen and oxygen atoms in total. The average Bonchev–Trinajstić information content (AvgIpc) is 3.93. The van der Waals surface area contributed by atoms with E-state index in [2.05, 4.69) is 248 Å². The van der Waals surface area contributed by atoms with Gasteiger partial charge < -0.3 is 14.6 Å². The van der Waals surface area contributed by atoms with E-state index in [1.54, 1.807) is 0 Å². The molecule has 354 valence electrons. The highest BCUT2D eigenvalue weighted by atomic mass is 32.1. The predicted molar refractivity (Wildman–Crippen MR) is 313 cm³/mol. The molecule has 0 N–H and O–H groups in total. The lowest BCUT2D eigenvalue weighted by Gasteiger charge is -2.55. The highest BCUT2D eigenvalue weighted by molar-refractivity contribution is 7.26. The minimum Gasteiger partial charge on any atom is -0.400 e. The summed E-state index contributed by atoms with van der Waals surface area (Å²) < 4.78 is 1.33. The number of hydrogen-bond donors (Lipinski definition) is 0. The first-order valence-corrected chi connectivity index (χ1v) is 27.5. The predicted octanol–water partition coefficient (Wildman–Crippen LogP) is 17.7. The lowest BCUT2D eigenvalue weighted by molar-refractivity contribution is 0.199. The van der Waals surface area contributed by atoms with Gasteiger partial charge in [0.15, 0.2) is 0 Å². The van der Waals surface area contributed by atoms with Crippen molar-refractivity contribution in [3.8, 4) is 44.5 Å². The molecule has 2 atom stereocenters. The van der Waals surface area contributed by atoms with E-state index in [1.807, 2.05) is 11.3 Å². The van der Waals surface area contributed by atoms with Gasteiger partial charge in [0.1, 0.15) is 0 Å². The first-order chi connectivity index (χ1) is 35.9. The molecule has 1 saturated carbocycles. The molecule has 5 heteroatoms. The Morgan fingerprint density at radius 1 is 0.521 bits per heavy atom. The normalized spacial score (nSPS) is 18.0. The molecule has 0 saturated heterocycles. The number of thiophene rings is 1. The van der Waals surface area contributed by atoms with Gasteiger partial charge in [-0.1, -0.05) is 191 Å². The topological polar surface area (TPSA) is 9.72 Å². The molecule has 1 aromatic heterocycles.